The molecule has 0 aliphatic rings. The highest BCUT2D eigenvalue weighted by atomic mass is 16.3. The van der Waals surface area contributed by atoms with Crippen LogP contribution in [0.3, 0.4) is 0 Å². The molecule has 0 N–H and O–H groups in total. The van der Waals surface area contributed by atoms with Crippen molar-refractivity contribution in [2.75, 3.05) is 0 Å². The minimum Gasteiger partial charge on any atom is -0.469 e. The van der Waals surface area contributed by atoms with Gasteiger partial charge in [-0.05, 0) is 61.4 Å². The van der Waals surface area contributed by atoms with Crippen LogP contribution >= 0.6 is 0 Å². The maximum absolute atomic E-state index is 6.45. The van der Waals surface area contributed by atoms with E-state index in [2.05, 4.69) is 79.7 Å². The fourth-order valence-corrected chi connectivity index (χ4v) is 5.01. The van der Waals surface area contributed by atoms with E-state index in [9.17, 15) is 0 Å². The summed E-state index contributed by atoms with van der Waals surface area (Å²) in [5, 5.41) is 4.84. The predicted octanol–water partition coefficient (Wildman–Crippen LogP) is 7.98. The van der Waals surface area contributed by atoms with Crippen LogP contribution in [0.2, 0.25) is 0 Å². The van der Waals surface area contributed by atoms with E-state index in [1.165, 1.54) is 11.3 Å². The molecule has 32 heavy (non-hydrogen) atoms. The van der Waals surface area contributed by atoms with Crippen molar-refractivity contribution < 1.29 is 8.83 Å². The Kier molecular flexibility index (Phi) is 6.83. The SMILES string of the molecule is Cc1cc(C(C)CC(C)(C)c2ccc(C(C)CC(C)(C)c3cc(C(C)C)n(C)n3)o2)co1. The van der Waals surface area contributed by atoms with Gasteiger partial charge in [-0.3, -0.25) is 4.68 Å². The van der Waals surface area contributed by atoms with Gasteiger partial charge in [-0.1, -0.05) is 55.4 Å². The quantitative estimate of drug-likeness (QED) is 0.340. The molecule has 4 nitrogen and oxygen atoms in total. The van der Waals surface area contributed by atoms with Crippen LogP contribution in [0, 0.1) is 6.92 Å². The second-order valence-electron chi connectivity index (χ2n) is 11.4. The first-order valence-corrected chi connectivity index (χ1v) is 12.0. The lowest BCUT2D eigenvalue weighted by molar-refractivity contribution is 0.313. The number of rotatable bonds is 9. The topological polar surface area (TPSA) is 44.1 Å². The van der Waals surface area contributed by atoms with Gasteiger partial charge in [-0.25, -0.2) is 0 Å². The summed E-state index contributed by atoms with van der Waals surface area (Å²) in [7, 11) is 2.05. The molecule has 3 heterocycles. The molecule has 0 radical (unpaired) electrons. The van der Waals surface area contributed by atoms with Gasteiger partial charge in [0.05, 0.1) is 12.0 Å². The Hall–Kier alpha value is -2.23. The molecule has 0 aliphatic heterocycles. The lowest BCUT2D eigenvalue weighted by Crippen LogP contribution is -2.21. The van der Waals surface area contributed by atoms with Gasteiger partial charge in [0.25, 0.3) is 0 Å². The van der Waals surface area contributed by atoms with E-state index in [0.717, 1.165) is 35.8 Å². The smallest absolute Gasteiger partial charge is 0.109 e. The first kappa shape index (κ1) is 24.4. The number of nitrogens with zero attached hydrogens (tertiary/aromatic N) is 2. The monoisotopic (exact) mass is 438 g/mol. The van der Waals surface area contributed by atoms with Crippen LogP contribution in [0.5, 0.6) is 0 Å². The van der Waals surface area contributed by atoms with Crippen LogP contribution in [-0.4, -0.2) is 9.78 Å². The van der Waals surface area contributed by atoms with Gasteiger partial charge in [0.1, 0.15) is 17.3 Å². The van der Waals surface area contributed by atoms with Crippen molar-refractivity contribution in [2.24, 2.45) is 7.05 Å². The van der Waals surface area contributed by atoms with Crippen molar-refractivity contribution in [3.63, 3.8) is 0 Å². The normalized spacial score (nSPS) is 14.8. The third-order valence-electron chi connectivity index (χ3n) is 6.93. The van der Waals surface area contributed by atoms with E-state index in [0.29, 0.717) is 17.8 Å². The number of aryl methyl sites for hydroxylation is 2. The lowest BCUT2D eigenvalue weighted by Gasteiger charge is -2.27. The maximum atomic E-state index is 6.45. The highest BCUT2D eigenvalue weighted by molar-refractivity contribution is 5.24. The van der Waals surface area contributed by atoms with Crippen molar-refractivity contribution >= 4 is 0 Å². The molecule has 0 fully saturated rings. The van der Waals surface area contributed by atoms with Crippen LogP contribution in [0.15, 0.2) is 39.4 Å². The zero-order valence-corrected chi connectivity index (χ0v) is 21.7. The Bertz CT molecular complexity index is 1030. The van der Waals surface area contributed by atoms with Gasteiger partial charge in [0, 0.05) is 29.5 Å². The molecule has 2 atom stereocenters. The minimum atomic E-state index is -0.0504. The zero-order chi connectivity index (χ0) is 23.8. The molecule has 0 aliphatic carbocycles. The van der Waals surface area contributed by atoms with Crippen molar-refractivity contribution in [1.29, 1.82) is 0 Å². The summed E-state index contributed by atoms with van der Waals surface area (Å²) in [5.41, 5.74) is 3.62. The molecule has 0 saturated carbocycles. The van der Waals surface area contributed by atoms with Gasteiger partial charge in [-0.15, -0.1) is 0 Å². The Morgan fingerprint density at radius 2 is 1.59 bits per heavy atom. The Labute approximate surface area is 194 Å². The summed E-state index contributed by atoms with van der Waals surface area (Å²) in [6, 6.07) is 8.75. The molecule has 2 unspecified atom stereocenters. The predicted molar refractivity (Wildman–Crippen MR) is 132 cm³/mol. The fourth-order valence-electron chi connectivity index (χ4n) is 5.01. The molecule has 0 spiro atoms. The lowest BCUT2D eigenvalue weighted by atomic mass is 9.79. The van der Waals surface area contributed by atoms with E-state index in [1.54, 1.807) is 0 Å². The summed E-state index contributed by atoms with van der Waals surface area (Å²) >= 11 is 0. The van der Waals surface area contributed by atoms with Crippen LogP contribution in [0.25, 0.3) is 0 Å². The highest BCUT2D eigenvalue weighted by Gasteiger charge is 2.31. The first-order valence-electron chi connectivity index (χ1n) is 12.0. The molecule has 0 bridgehead atoms. The Morgan fingerprint density at radius 1 is 0.938 bits per heavy atom. The maximum Gasteiger partial charge on any atom is 0.109 e. The van der Waals surface area contributed by atoms with Gasteiger partial charge in [0.2, 0.25) is 0 Å². The third kappa shape index (κ3) is 5.22. The summed E-state index contributed by atoms with van der Waals surface area (Å²) in [6.45, 7) is 20.1. The molecular weight excluding hydrogens is 396 g/mol. The standard InChI is InChI=1S/C28H42N2O2/c1-18(2)23-14-25(29-30(23)10)27(6,7)16-20(4)24-11-12-26(32-24)28(8,9)15-19(3)22-13-21(5)31-17-22/h11-14,17-20H,15-16H2,1-10H3. The van der Waals surface area contributed by atoms with E-state index >= 15 is 0 Å². The summed E-state index contributed by atoms with van der Waals surface area (Å²) < 4.78 is 14.0. The van der Waals surface area contributed by atoms with E-state index in [-0.39, 0.29) is 10.8 Å². The largest absolute Gasteiger partial charge is 0.469 e. The molecule has 4 heteroatoms. The van der Waals surface area contributed by atoms with Gasteiger partial charge in [-0.2, -0.15) is 5.10 Å². The Morgan fingerprint density at radius 3 is 2.16 bits per heavy atom. The van der Waals surface area contributed by atoms with Crippen LogP contribution in [0.1, 0.15) is 120 Å². The fraction of sp³-hybridized carbons (Fsp3) is 0.607. The van der Waals surface area contributed by atoms with Crippen LogP contribution in [0.4, 0.5) is 0 Å². The molecule has 0 aromatic carbocycles. The van der Waals surface area contributed by atoms with E-state index < -0.39 is 0 Å². The number of furan rings is 2. The number of hydrogen-bond donors (Lipinski definition) is 0. The number of hydrogen-bond acceptors (Lipinski definition) is 3. The average Bonchev–Trinajstić information content (AvgIpc) is 3.40. The average molecular weight is 439 g/mol. The molecule has 3 aromatic rings. The summed E-state index contributed by atoms with van der Waals surface area (Å²) in [5.74, 6) is 4.28. The van der Waals surface area contributed by atoms with Gasteiger partial charge >= 0.3 is 0 Å². The van der Waals surface area contributed by atoms with Gasteiger partial charge < -0.3 is 8.83 Å². The molecule has 0 amide bonds. The van der Waals surface area contributed by atoms with Crippen molar-refractivity contribution in [3.8, 4) is 0 Å². The third-order valence-corrected chi connectivity index (χ3v) is 6.93. The highest BCUT2D eigenvalue weighted by Crippen LogP contribution is 2.39. The summed E-state index contributed by atoms with van der Waals surface area (Å²) in [6.07, 6.45) is 3.88. The van der Waals surface area contributed by atoms with E-state index in [1.807, 2.05) is 24.9 Å². The van der Waals surface area contributed by atoms with Crippen molar-refractivity contribution in [1.82, 2.24) is 9.78 Å². The molecular formula is C28H42N2O2. The molecule has 0 saturated heterocycles. The van der Waals surface area contributed by atoms with Crippen LogP contribution < -0.4 is 0 Å². The molecule has 3 rings (SSSR count). The zero-order valence-electron chi connectivity index (χ0n) is 21.7. The van der Waals surface area contributed by atoms with Gasteiger partial charge in [0.15, 0.2) is 0 Å². The van der Waals surface area contributed by atoms with E-state index in [4.69, 9.17) is 13.9 Å². The summed E-state index contributed by atoms with van der Waals surface area (Å²) in [4.78, 5) is 0. The number of aromatic nitrogens is 2. The van der Waals surface area contributed by atoms with Crippen LogP contribution in [-0.2, 0) is 17.9 Å². The first-order chi connectivity index (χ1) is 14.8. The second-order valence-corrected chi connectivity index (χ2v) is 11.4. The van der Waals surface area contributed by atoms with Crippen molar-refractivity contribution in [2.45, 2.75) is 104 Å². The molecule has 176 valence electrons. The van der Waals surface area contributed by atoms with Crippen molar-refractivity contribution in [3.05, 3.63) is 64.8 Å². The molecule has 3 aromatic heterocycles. The Balaban J connectivity index is 1.71. The minimum absolute atomic E-state index is 0.0273. The second kappa shape index (κ2) is 8.96.